The van der Waals surface area contributed by atoms with Crippen LogP contribution in [0.5, 0.6) is 5.75 Å². The van der Waals surface area contributed by atoms with Crippen LogP contribution in [0.3, 0.4) is 0 Å². The Kier molecular flexibility index (Phi) is 5.43. The third kappa shape index (κ3) is 3.81. The molecule has 0 fully saturated rings. The van der Waals surface area contributed by atoms with Gasteiger partial charge >= 0.3 is 0 Å². The number of thiophene rings is 1. The third-order valence-corrected chi connectivity index (χ3v) is 4.97. The van der Waals surface area contributed by atoms with Crippen LogP contribution in [0.4, 0.5) is 0 Å². The van der Waals surface area contributed by atoms with Crippen molar-refractivity contribution in [2.45, 2.75) is 19.4 Å². The number of nitrogens with one attached hydrogen (secondary N) is 1. The fourth-order valence-electron chi connectivity index (χ4n) is 2.09. The van der Waals surface area contributed by atoms with E-state index in [0.717, 1.165) is 18.7 Å². The molecule has 1 aromatic heterocycles. The standard InChI is InChI=1S/C15H18BrNOS/c1-3-17-14(15-13(16)7-8-19-15)10-11-5-4-6-12(9-11)18-2/h4-9,14,17H,3,10H2,1-2H3. The Morgan fingerprint density at radius 1 is 1.37 bits per heavy atom. The second-order valence-electron chi connectivity index (χ2n) is 4.30. The van der Waals surface area contributed by atoms with Crippen LogP contribution in [0.1, 0.15) is 23.4 Å². The molecule has 0 aliphatic heterocycles. The van der Waals surface area contributed by atoms with E-state index in [1.807, 2.05) is 12.1 Å². The van der Waals surface area contributed by atoms with E-state index in [0.29, 0.717) is 6.04 Å². The van der Waals surface area contributed by atoms with Crippen LogP contribution >= 0.6 is 27.3 Å². The van der Waals surface area contributed by atoms with Crippen LogP contribution in [0.15, 0.2) is 40.2 Å². The van der Waals surface area contributed by atoms with Crippen LogP contribution in [-0.4, -0.2) is 13.7 Å². The molecule has 0 radical (unpaired) electrons. The number of ether oxygens (including phenoxy) is 1. The van der Waals surface area contributed by atoms with Gasteiger partial charge in [0.2, 0.25) is 0 Å². The van der Waals surface area contributed by atoms with Crippen molar-refractivity contribution in [2.24, 2.45) is 0 Å². The molecule has 0 aliphatic rings. The predicted octanol–water partition coefficient (Wildman–Crippen LogP) is 4.41. The maximum Gasteiger partial charge on any atom is 0.119 e. The summed E-state index contributed by atoms with van der Waals surface area (Å²) in [5, 5.41) is 5.67. The first-order valence-electron chi connectivity index (χ1n) is 6.33. The summed E-state index contributed by atoms with van der Waals surface area (Å²) in [5.41, 5.74) is 1.28. The summed E-state index contributed by atoms with van der Waals surface area (Å²) in [4.78, 5) is 1.35. The van der Waals surface area contributed by atoms with E-state index in [4.69, 9.17) is 4.74 Å². The molecule has 1 unspecified atom stereocenters. The van der Waals surface area contributed by atoms with Crippen molar-refractivity contribution in [3.05, 3.63) is 50.6 Å². The highest BCUT2D eigenvalue weighted by Gasteiger charge is 2.15. The Balaban J connectivity index is 2.18. The fourth-order valence-corrected chi connectivity index (χ4v) is 3.82. The van der Waals surface area contributed by atoms with E-state index < -0.39 is 0 Å². The average Bonchev–Trinajstić information content (AvgIpc) is 2.85. The predicted molar refractivity (Wildman–Crippen MR) is 85.1 cm³/mol. The summed E-state index contributed by atoms with van der Waals surface area (Å²) in [6.45, 7) is 3.10. The minimum atomic E-state index is 0.339. The van der Waals surface area contributed by atoms with E-state index in [9.17, 15) is 0 Å². The summed E-state index contributed by atoms with van der Waals surface area (Å²) < 4.78 is 6.47. The van der Waals surface area contributed by atoms with Gasteiger partial charge < -0.3 is 10.1 Å². The quantitative estimate of drug-likeness (QED) is 0.841. The molecule has 2 rings (SSSR count). The highest BCUT2D eigenvalue weighted by atomic mass is 79.9. The molecule has 0 saturated carbocycles. The highest BCUT2D eigenvalue weighted by molar-refractivity contribution is 9.10. The second kappa shape index (κ2) is 7.08. The molecule has 102 valence electrons. The molecule has 1 heterocycles. The zero-order chi connectivity index (χ0) is 13.7. The van der Waals surface area contributed by atoms with Gasteiger partial charge in [-0.1, -0.05) is 19.1 Å². The second-order valence-corrected chi connectivity index (χ2v) is 6.10. The van der Waals surface area contributed by atoms with Gasteiger partial charge in [-0.05, 0) is 58.0 Å². The molecule has 0 amide bonds. The summed E-state index contributed by atoms with van der Waals surface area (Å²) in [6.07, 6.45) is 0.962. The van der Waals surface area contributed by atoms with E-state index in [-0.39, 0.29) is 0 Å². The van der Waals surface area contributed by atoms with Crippen LogP contribution in [0, 0.1) is 0 Å². The minimum Gasteiger partial charge on any atom is -0.497 e. The first-order chi connectivity index (χ1) is 9.24. The van der Waals surface area contributed by atoms with Crippen molar-refractivity contribution in [3.8, 4) is 5.75 Å². The first kappa shape index (κ1) is 14.6. The molecule has 0 bridgehead atoms. The summed E-state index contributed by atoms with van der Waals surface area (Å²) >= 11 is 5.41. The smallest absolute Gasteiger partial charge is 0.119 e. The van der Waals surface area contributed by atoms with Gasteiger partial charge in [-0.3, -0.25) is 0 Å². The van der Waals surface area contributed by atoms with Crippen molar-refractivity contribution in [2.75, 3.05) is 13.7 Å². The molecule has 0 aliphatic carbocycles. The van der Waals surface area contributed by atoms with Gasteiger partial charge in [-0.2, -0.15) is 0 Å². The SMILES string of the molecule is CCNC(Cc1cccc(OC)c1)c1sccc1Br. The van der Waals surface area contributed by atoms with E-state index >= 15 is 0 Å². The molecule has 2 aromatic rings. The molecule has 0 spiro atoms. The van der Waals surface area contributed by atoms with E-state index in [1.165, 1.54) is 14.9 Å². The average molecular weight is 340 g/mol. The van der Waals surface area contributed by atoms with E-state index in [1.54, 1.807) is 18.4 Å². The number of benzene rings is 1. The largest absolute Gasteiger partial charge is 0.497 e. The summed E-state index contributed by atoms with van der Waals surface area (Å²) in [7, 11) is 1.71. The van der Waals surface area contributed by atoms with Crippen molar-refractivity contribution in [1.29, 1.82) is 0 Å². The van der Waals surface area contributed by atoms with Gasteiger partial charge in [0.1, 0.15) is 5.75 Å². The Labute approximate surface area is 126 Å². The molecule has 0 saturated heterocycles. The zero-order valence-corrected chi connectivity index (χ0v) is 13.6. The Bertz CT molecular complexity index is 526. The summed E-state index contributed by atoms with van der Waals surface area (Å²) in [6, 6.07) is 10.7. The van der Waals surface area contributed by atoms with Gasteiger partial charge in [-0.15, -0.1) is 11.3 Å². The number of rotatable bonds is 6. The molecular formula is C15H18BrNOS. The lowest BCUT2D eigenvalue weighted by atomic mass is 10.0. The number of hydrogen-bond acceptors (Lipinski definition) is 3. The number of hydrogen-bond donors (Lipinski definition) is 1. The Morgan fingerprint density at radius 3 is 2.84 bits per heavy atom. The number of likely N-dealkylation sites (N-methyl/N-ethyl adjacent to an activating group) is 1. The normalized spacial score (nSPS) is 12.4. The van der Waals surface area contributed by atoms with Gasteiger partial charge in [0, 0.05) is 15.4 Å². The van der Waals surface area contributed by atoms with Crippen molar-refractivity contribution in [3.63, 3.8) is 0 Å². The number of halogens is 1. The topological polar surface area (TPSA) is 21.3 Å². The molecular weight excluding hydrogens is 322 g/mol. The Hall–Kier alpha value is -0.840. The van der Waals surface area contributed by atoms with E-state index in [2.05, 4.69) is 51.7 Å². The Morgan fingerprint density at radius 2 is 2.21 bits per heavy atom. The van der Waals surface area contributed by atoms with Crippen molar-refractivity contribution < 1.29 is 4.74 Å². The molecule has 2 nitrogen and oxygen atoms in total. The molecule has 19 heavy (non-hydrogen) atoms. The van der Waals surface area contributed by atoms with Gasteiger partial charge in [0.15, 0.2) is 0 Å². The molecule has 1 aromatic carbocycles. The lowest BCUT2D eigenvalue weighted by molar-refractivity contribution is 0.414. The van der Waals surface area contributed by atoms with Gasteiger partial charge in [0.25, 0.3) is 0 Å². The lowest BCUT2D eigenvalue weighted by Gasteiger charge is -2.17. The highest BCUT2D eigenvalue weighted by Crippen LogP contribution is 2.31. The molecule has 1 atom stereocenters. The first-order valence-corrected chi connectivity index (χ1v) is 8.01. The molecule has 4 heteroatoms. The van der Waals surface area contributed by atoms with Crippen molar-refractivity contribution >= 4 is 27.3 Å². The lowest BCUT2D eigenvalue weighted by Crippen LogP contribution is -2.22. The maximum absolute atomic E-state index is 5.28. The minimum absolute atomic E-state index is 0.339. The maximum atomic E-state index is 5.28. The van der Waals surface area contributed by atoms with Crippen LogP contribution in [-0.2, 0) is 6.42 Å². The fraction of sp³-hybridized carbons (Fsp3) is 0.333. The zero-order valence-electron chi connectivity index (χ0n) is 11.2. The van der Waals surface area contributed by atoms with Crippen LogP contribution in [0.2, 0.25) is 0 Å². The van der Waals surface area contributed by atoms with Gasteiger partial charge in [0.05, 0.1) is 7.11 Å². The van der Waals surface area contributed by atoms with Crippen LogP contribution < -0.4 is 10.1 Å². The van der Waals surface area contributed by atoms with Gasteiger partial charge in [-0.25, -0.2) is 0 Å². The van der Waals surface area contributed by atoms with Crippen molar-refractivity contribution in [1.82, 2.24) is 5.32 Å². The number of methoxy groups -OCH3 is 1. The molecule has 1 N–H and O–H groups in total. The summed E-state index contributed by atoms with van der Waals surface area (Å²) in [5.74, 6) is 0.915. The monoisotopic (exact) mass is 339 g/mol. The third-order valence-electron chi connectivity index (χ3n) is 2.99. The van der Waals surface area contributed by atoms with Crippen LogP contribution in [0.25, 0.3) is 0 Å².